The average Bonchev–Trinajstić information content (AvgIpc) is 3.10. The van der Waals surface area contributed by atoms with Crippen LogP contribution in [0.15, 0.2) is 36.0 Å². The normalized spacial score (nSPS) is 11.0. The van der Waals surface area contributed by atoms with Gasteiger partial charge in [0.25, 0.3) is 0 Å². The van der Waals surface area contributed by atoms with Gasteiger partial charge in [0.05, 0.1) is 27.9 Å². The van der Waals surface area contributed by atoms with Crippen LogP contribution in [0.2, 0.25) is 0 Å². The van der Waals surface area contributed by atoms with E-state index in [1.54, 1.807) is 16.9 Å². The van der Waals surface area contributed by atoms with Crippen molar-refractivity contribution in [3.05, 3.63) is 56.6 Å². The molecule has 0 bridgehead atoms. The lowest BCUT2D eigenvalue weighted by molar-refractivity contribution is 0.585. The van der Waals surface area contributed by atoms with Crippen molar-refractivity contribution in [3.8, 4) is 10.6 Å². The Balaban J connectivity index is 1.92. The molecular weight excluding hydrogens is 424 g/mol. The average molecular weight is 434 g/mol. The van der Waals surface area contributed by atoms with Crippen molar-refractivity contribution in [3.63, 3.8) is 0 Å². The van der Waals surface area contributed by atoms with E-state index in [4.69, 9.17) is 11.6 Å². The Kier molecular flexibility index (Phi) is 4.56. The van der Waals surface area contributed by atoms with E-state index in [1.165, 1.54) is 17.4 Å². The van der Waals surface area contributed by atoms with Gasteiger partial charge >= 0.3 is 0 Å². The van der Waals surface area contributed by atoms with Gasteiger partial charge in [-0.2, -0.15) is 5.10 Å². The maximum absolute atomic E-state index is 14.0. The number of hydrogen-bond donors (Lipinski definition) is 0. The Morgan fingerprint density at radius 3 is 2.90 bits per heavy atom. The van der Waals surface area contributed by atoms with Crippen molar-refractivity contribution in [2.75, 3.05) is 0 Å². The van der Waals surface area contributed by atoms with Gasteiger partial charge in [0, 0.05) is 22.7 Å². The van der Waals surface area contributed by atoms with Gasteiger partial charge in [-0.3, -0.25) is 4.68 Å². The van der Waals surface area contributed by atoms with E-state index in [2.05, 4.69) is 32.7 Å². The minimum atomic E-state index is -0.238. The molecule has 0 unspecified atom stereocenters. The number of nitrogens with zero attached hydrogens (tertiary/aromatic N) is 3. The summed E-state index contributed by atoms with van der Waals surface area (Å²) in [5, 5.41) is 6.95. The maximum atomic E-state index is 14.0. The van der Waals surface area contributed by atoms with Crippen molar-refractivity contribution >= 4 is 45.5 Å². The monoisotopic (exact) mass is 433 g/mol. The molecule has 0 aliphatic carbocycles. The van der Waals surface area contributed by atoms with Crippen LogP contribution in [0.1, 0.15) is 11.3 Å². The van der Waals surface area contributed by atoms with Crippen LogP contribution in [0.3, 0.4) is 0 Å². The molecule has 1 aromatic carbocycles. The topological polar surface area (TPSA) is 30.7 Å². The summed E-state index contributed by atoms with van der Waals surface area (Å²) in [6.45, 7) is 0.399. The largest absolute Gasteiger partial charge is 0.267 e. The molecule has 0 atom stereocenters. The summed E-state index contributed by atoms with van der Waals surface area (Å²) in [4.78, 5) is 4.42. The van der Waals surface area contributed by atoms with Gasteiger partial charge in [0.2, 0.25) is 0 Å². The molecule has 0 N–H and O–H groups in total. The number of alkyl halides is 1. The summed E-state index contributed by atoms with van der Waals surface area (Å²) < 4.78 is 16.7. The van der Waals surface area contributed by atoms with Crippen LogP contribution in [0.5, 0.6) is 0 Å². The second-order valence-corrected chi connectivity index (χ2v) is 6.81. The van der Waals surface area contributed by atoms with Gasteiger partial charge in [0.15, 0.2) is 0 Å². The first kappa shape index (κ1) is 14.9. The molecule has 0 fully saturated rings. The summed E-state index contributed by atoms with van der Waals surface area (Å²) in [7, 11) is 0. The van der Waals surface area contributed by atoms with Gasteiger partial charge < -0.3 is 0 Å². The molecule has 0 aliphatic rings. The molecule has 3 nitrogen and oxygen atoms in total. The molecule has 0 radical (unpaired) electrons. The highest BCUT2D eigenvalue weighted by molar-refractivity contribution is 14.1. The molecule has 0 saturated carbocycles. The van der Waals surface area contributed by atoms with Crippen LogP contribution in [0, 0.1) is 9.39 Å². The first-order chi connectivity index (χ1) is 10.2. The van der Waals surface area contributed by atoms with E-state index in [-0.39, 0.29) is 5.82 Å². The van der Waals surface area contributed by atoms with Crippen LogP contribution < -0.4 is 0 Å². The van der Waals surface area contributed by atoms with Gasteiger partial charge in [0.1, 0.15) is 10.8 Å². The molecule has 0 spiro atoms. The zero-order valence-corrected chi connectivity index (χ0v) is 14.5. The second kappa shape index (κ2) is 6.41. The van der Waals surface area contributed by atoms with Gasteiger partial charge in [-0.15, -0.1) is 22.9 Å². The Morgan fingerprint density at radius 2 is 2.24 bits per heavy atom. The number of halogens is 3. The highest BCUT2D eigenvalue weighted by Gasteiger charge is 2.09. The van der Waals surface area contributed by atoms with Crippen molar-refractivity contribution in [1.82, 2.24) is 14.8 Å². The molecule has 108 valence electrons. The molecular formula is C14H10ClFIN3S. The standard InChI is InChI=1S/C14H10ClFIN3S/c15-4-12-8-21-14(19-12)9-1-2-13(16)10(3-9)6-20-7-11(17)5-18-20/h1-3,5,7-8H,4,6H2. The molecule has 3 aromatic rings. The highest BCUT2D eigenvalue weighted by atomic mass is 127. The first-order valence-corrected chi connectivity index (χ1v) is 8.62. The Bertz CT molecular complexity index is 771. The van der Waals surface area contributed by atoms with Crippen LogP contribution >= 0.6 is 45.5 Å². The third kappa shape index (κ3) is 3.44. The van der Waals surface area contributed by atoms with E-state index in [1.807, 2.05) is 17.6 Å². The number of aromatic nitrogens is 3. The van der Waals surface area contributed by atoms with Crippen LogP contribution in [0.25, 0.3) is 10.6 Å². The Morgan fingerprint density at radius 1 is 1.38 bits per heavy atom. The minimum absolute atomic E-state index is 0.238. The van der Waals surface area contributed by atoms with Crippen molar-refractivity contribution in [2.45, 2.75) is 12.4 Å². The number of benzene rings is 1. The molecule has 0 aliphatic heterocycles. The summed E-state index contributed by atoms with van der Waals surface area (Å²) >= 11 is 9.45. The third-order valence-corrected chi connectivity index (χ3v) is 4.69. The van der Waals surface area contributed by atoms with E-state index in [9.17, 15) is 4.39 Å². The molecule has 2 aromatic heterocycles. The molecule has 0 saturated heterocycles. The highest BCUT2D eigenvalue weighted by Crippen LogP contribution is 2.26. The van der Waals surface area contributed by atoms with Crippen molar-refractivity contribution in [2.24, 2.45) is 0 Å². The lowest BCUT2D eigenvalue weighted by Crippen LogP contribution is -2.02. The van der Waals surface area contributed by atoms with Crippen LogP contribution in [-0.2, 0) is 12.4 Å². The van der Waals surface area contributed by atoms with E-state index >= 15 is 0 Å². The van der Waals surface area contributed by atoms with E-state index in [0.717, 1.165) is 19.8 Å². The molecule has 0 amide bonds. The first-order valence-electron chi connectivity index (χ1n) is 6.13. The fraction of sp³-hybridized carbons (Fsp3) is 0.143. The SMILES string of the molecule is Fc1ccc(-c2nc(CCl)cs2)cc1Cn1cc(I)cn1. The smallest absolute Gasteiger partial charge is 0.128 e. The quantitative estimate of drug-likeness (QED) is 0.447. The molecule has 3 rings (SSSR count). The Labute approximate surface area is 143 Å². The number of rotatable bonds is 4. The minimum Gasteiger partial charge on any atom is -0.267 e. The van der Waals surface area contributed by atoms with E-state index in [0.29, 0.717) is 18.0 Å². The Hall–Kier alpha value is -0.990. The van der Waals surface area contributed by atoms with Gasteiger partial charge in [-0.05, 0) is 40.8 Å². The zero-order chi connectivity index (χ0) is 14.8. The van der Waals surface area contributed by atoms with Gasteiger partial charge in [-0.25, -0.2) is 9.37 Å². The fourth-order valence-electron chi connectivity index (χ4n) is 1.93. The lowest BCUT2D eigenvalue weighted by atomic mass is 10.1. The summed E-state index contributed by atoms with van der Waals surface area (Å²) in [6, 6.07) is 5.03. The van der Waals surface area contributed by atoms with Crippen LogP contribution in [0.4, 0.5) is 4.39 Å². The fourth-order valence-corrected chi connectivity index (χ4v) is 3.42. The predicted octanol–water partition coefficient (Wildman–Crippen LogP) is 4.54. The van der Waals surface area contributed by atoms with E-state index < -0.39 is 0 Å². The number of hydrogen-bond acceptors (Lipinski definition) is 3. The summed E-state index contributed by atoms with van der Waals surface area (Å²) in [5.74, 6) is 0.148. The summed E-state index contributed by atoms with van der Waals surface area (Å²) in [5.41, 5.74) is 2.33. The second-order valence-electron chi connectivity index (χ2n) is 4.44. The third-order valence-electron chi connectivity index (χ3n) is 2.92. The van der Waals surface area contributed by atoms with Crippen LogP contribution in [-0.4, -0.2) is 14.8 Å². The molecule has 21 heavy (non-hydrogen) atoms. The van der Waals surface area contributed by atoms with Crippen molar-refractivity contribution < 1.29 is 4.39 Å². The predicted molar refractivity (Wildman–Crippen MR) is 91.1 cm³/mol. The lowest BCUT2D eigenvalue weighted by Gasteiger charge is -2.06. The summed E-state index contributed by atoms with van der Waals surface area (Å²) in [6.07, 6.45) is 3.62. The van der Waals surface area contributed by atoms with Crippen molar-refractivity contribution in [1.29, 1.82) is 0 Å². The van der Waals surface area contributed by atoms with Gasteiger partial charge in [-0.1, -0.05) is 0 Å². The molecule has 2 heterocycles. The maximum Gasteiger partial charge on any atom is 0.128 e. The zero-order valence-electron chi connectivity index (χ0n) is 10.8. The number of thiazole rings is 1. The molecule has 7 heteroatoms.